The molecule has 4 aromatic heterocycles. The number of benzene rings is 2. The molecule has 4 heterocycles. The molecule has 0 saturated heterocycles. The van der Waals surface area contributed by atoms with E-state index in [1.165, 1.54) is 45.8 Å². The van der Waals surface area contributed by atoms with E-state index in [4.69, 9.17) is 0 Å². The number of alkyl halides is 6. The average molecular weight is 697 g/mol. The summed E-state index contributed by atoms with van der Waals surface area (Å²) in [5.74, 6) is 1.29. The summed E-state index contributed by atoms with van der Waals surface area (Å²) in [6.07, 6.45) is -5.38. The minimum absolute atomic E-state index is 0.202. The zero-order chi connectivity index (χ0) is 36.4. The van der Waals surface area contributed by atoms with E-state index < -0.39 is 23.5 Å². The Kier molecular flexibility index (Phi) is 9.92. The lowest BCUT2D eigenvalue weighted by Gasteiger charge is -2.11. The van der Waals surface area contributed by atoms with Crippen LogP contribution in [0, 0.1) is 13.8 Å². The summed E-state index contributed by atoms with van der Waals surface area (Å²) in [5.41, 5.74) is 0.834. The standard InChI is InChI=1S/2C17H15F3N4O/c2*1-10(12-3-5-13(6-4-12)17(18,19)20)14-7-8-24(23-14)15-9-16(25)22-11(2)21-15/h2*3-10H,1-2H3,(H,21,22,25)/t2*10-/m10/s1. The average Bonchev–Trinajstić information content (AvgIpc) is 3.74. The lowest BCUT2D eigenvalue weighted by atomic mass is 9.97. The third-order valence-electron chi connectivity index (χ3n) is 7.75. The van der Waals surface area contributed by atoms with Gasteiger partial charge in [0.05, 0.1) is 22.5 Å². The van der Waals surface area contributed by atoms with Crippen molar-refractivity contribution in [1.29, 1.82) is 0 Å². The minimum atomic E-state index is -4.35. The fraction of sp³-hybridized carbons (Fsp3) is 0.235. The van der Waals surface area contributed by atoms with E-state index in [1.54, 1.807) is 38.4 Å². The van der Waals surface area contributed by atoms with Crippen molar-refractivity contribution >= 4 is 0 Å². The van der Waals surface area contributed by atoms with E-state index >= 15 is 0 Å². The first-order valence-corrected chi connectivity index (χ1v) is 15.1. The number of aromatic amines is 2. The Hall–Kier alpha value is -5.80. The summed E-state index contributed by atoms with van der Waals surface area (Å²) in [6.45, 7) is 7.04. The first-order chi connectivity index (χ1) is 23.5. The molecule has 2 aromatic carbocycles. The summed E-state index contributed by atoms with van der Waals surface area (Å²) in [7, 11) is 0. The maximum atomic E-state index is 12.6. The molecule has 2 atom stereocenters. The zero-order valence-corrected chi connectivity index (χ0v) is 27.0. The largest absolute Gasteiger partial charge is 0.416 e. The number of aryl methyl sites for hydroxylation is 2. The molecule has 0 bridgehead atoms. The number of H-pyrrole nitrogens is 2. The van der Waals surface area contributed by atoms with E-state index in [0.717, 1.165) is 24.3 Å². The molecule has 0 amide bonds. The maximum Gasteiger partial charge on any atom is 0.416 e. The predicted molar refractivity (Wildman–Crippen MR) is 171 cm³/mol. The monoisotopic (exact) mass is 696 g/mol. The third-order valence-corrected chi connectivity index (χ3v) is 7.75. The number of nitrogens with one attached hydrogen (secondary N) is 2. The Morgan fingerprint density at radius 1 is 0.580 bits per heavy atom. The highest BCUT2D eigenvalue weighted by Gasteiger charge is 2.31. The van der Waals surface area contributed by atoms with Gasteiger partial charge in [-0.05, 0) is 61.4 Å². The fourth-order valence-electron chi connectivity index (χ4n) is 5.02. The van der Waals surface area contributed by atoms with Crippen LogP contribution in [-0.2, 0) is 12.4 Å². The third kappa shape index (κ3) is 8.43. The van der Waals surface area contributed by atoms with Crippen LogP contribution in [0.25, 0.3) is 11.6 Å². The van der Waals surface area contributed by atoms with Gasteiger partial charge in [-0.3, -0.25) is 9.59 Å². The molecule has 0 spiro atoms. The van der Waals surface area contributed by atoms with Gasteiger partial charge in [0.25, 0.3) is 11.1 Å². The SMILES string of the molecule is Cc1nc(-n2ccc([C@@H](C)c3ccc(C(F)(F)F)cc3)n2)cc(=O)[nH]1.Cc1nc(-n2ccc([C@H](C)c3ccc(C(F)(F)F)cc3)n2)cc(=O)[nH]1. The summed E-state index contributed by atoms with van der Waals surface area (Å²) in [6, 6.07) is 16.2. The van der Waals surface area contributed by atoms with Crippen molar-refractivity contribution in [3.8, 4) is 11.6 Å². The van der Waals surface area contributed by atoms with E-state index in [0.29, 0.717) is 45.8 Å². The summed E-state index contributed by atoms with van der Waals surface area (Å²) < 4.78 is 78.8. The first kappa shape index (κ1) is 35.5. The number of nitrogens with zero attached hydrogens (tertiary/aromatic N) is 6. The molecule has 0 aliphatic carbocycles. The summed E-state index contributed by atoms with van der Waals surface area (Å²) in [5, 5.41) is 8.78. The van der Waals surface area contributed by atoms with Gasteiger partial charge in [-0.25, -0.2) is 19.3 Å². The van der Waals surface area contributed by atoms with Gasteiger partial charge >= 0.3 is 12.4 Å². The molecule has 0 radical (unpaired) electrons. The van der Waals surface area contributed by atoms with Crippen molar-refractivity contribution < 1.29 is 26.3 Å². The lowest BCUT2D eigenvalue weighted by molar-refractivity contribution is -0.138. The van der Waals surface area contributed by atoms with Crippen LogP contribution < -0.4 is 11.1 Å². The lowest BCUT2D eigenvalue weighted by Crippen LogP contribution is -2.12. The molecule has 50 heavy (non-hydrogen) atoms. The van der Waals surface area contributed by atoms with Gasteiger partial charge in [0, 0.05) is 36.4 Å². The minimum Gasteiger partial charge on any atom is -0.311 e. The van der Waals surface area contributed by atoms with Crippen molar-refractivity contribution in [2.24, 2.45) is 0 Å². The Labute approximate surface area is 280 Å². The molecular weight excluding hydrogens is 666 g/mol. The molecule has 10 nitrogen and oxygen atoms in total. The van der Waals surface area contributed by atoms with E-state index in [-0.39, 0.29) is 23.0 Å². The van der Waals surface area contributed by atoms with Gasteiger partial charge in [-0.15, -0.1) is 0 Å². The molecule has 0 aliphatic rings. The van der Waals surface area contributed by atoms with Crippen molar-refractivity contribution in [2.75, 3.05) is 0 Å². The molecule has 6 aromatic rings. The van der Waals surface area contributed by atoms with Crippen molar-refractivity contribution in [2.45, 2.75) is 51.9 Å². The van der Waals surface area contributed by atoms with Crippen LogP contribution in [0.2, 0.25) is 0 Å². The first-order valence-electron chi connectivity index (χ1n) is 15.1. The van der Waals surface area contributed by atoms with Gasteiger partial charge in [0.15, 0.2) is 11.6 Å². The molecule has 0 unspecified atom stereocenters. The molecule has 0 aliphatic heterocycles. The van der Waals surface area contributed by atoms with Gasteiger partial charge < -0.3 is 9.97 Å². The van der Waals surface area contributed by atoms with Crippen LogP contribution in [0.15, 0.2) is 94.8 Å². The Balaban J connectivity index is 0.000000194. The Morgan fingerprint density at radius 3 is 1.22 bits per heavy atom. The second-order valence-corrected chi connectivity index (χ2v) is 11.4. The highest BCUT2D eigenvalue weighted by Crippen LogP contribution is 2.32. The number of hydrogen-bond donors (Lipinski definition) is 2. The topological polar surface area (TPSA) is 127 Å². The quantitative estimate of drug-likeness (QED) is 0.183. The highest BCUT2D eigenvalue weighted by molar-refractivity contribution is 5.34. The molecule has 2 N–H and O–H groups in total. The van der Waals surface area contributed by atoms with Gasteiger partial charge in [0.1, 0.15) is 11.6 Å². The van der Waals surface area contributed by atoms with E-state index in [1.807, 2.05) is 13.8 Å². The van der Waals surface area contributed by atoms with Crippen LogP contribution >= 0.6 is 0 Å². The maximum absolute atomic E-state index is 12.6. The number of aromatic nitrogens is 8. The summed E-state index contributed by atoms with van der Waals surface area (Å²) >= 11 is 0. The smallest absolute Gasteiger partial charge is 0.311 e. The number of rotatable bonds is 6. The molecule has 0 fully saturated rings. The molecule has 260 valence electrons. The molecule has 16 heteroatoms. The van der Waals surface area contributed by atoms with Gasteiger partial charge in [0.2, 0.25) is 0 Å². The highest BCUT2D eigenvalue weighted by atomic mass is 19.4. The van der Waals surface area contributed by atoms with Crippen molar-refractivity contribution in [1.82, 2.24) is 39.5 Å². The fourth-order valence-corrected chi connectivity index (χ4v) is 5.02. The summed E-state index contributed by atoms with van der Waals surface area (Å²) in [4.78, 5) is 36.6. The van der Waals surface area contributed by atoms with Gasteiger partial charge in [-0.1, -0.05) is 38.1 Å². The van der Waals surface area contributed by atoms with E-state index in [9.17, 15) is 35.9 Å². The van der Waals surface area contributed by atoms with Crippen LogP contribution in [-0.4, -0.2) is 39.5 Å². The van der Waals surface area contributed by atoms with Crippen LogP contribution in [0.5, 0.6) is 0 Å². The normalized spacial score (nSPS) is 13.0. The number of hydrogen-bond acceptors (Lipinski definition) is 6. The molecule has 6 rings (SSSR count). The number of halogens is 6. The Bertz CT molecular complexity index is 2040. The van der Waals surface area contributed by atoms with Crippen LogP contribution in [0.1, 0.15) is 71.0 Å². The molecule has 0 saturated carbocycles. The second kappa shape index (κ2) is 14.0. The Morgan fingerprint density at radius 2 is 0.920 bits per heavy atom. The van der Waals surface area contributed by atoms with Crippen molar-refractivity contribution in [3.05, 3.63) is 151 Å². The van der Waals surface area contributed by atoms with Crippen LogP contribution in [0.3, 0.4) is 0 Å². The van der Waals surface area contributed by atoms with Crippen molar-refractivity contribution in [3.63, 3.8) is 0 Å². The van der Waals surface area contributed by atoms with Gasteiger partial charge in [-0.2, -0.15) is 36.5 Å². The van der Waals surface area contributed by atoms with E-state index in [2.05, 4.69) is 30.1 Å². The molecular formula is C34H30F6N8O2. The zero-order valence-electron chi connectivity index (χ0n) is 27.0. The van der Waals surface area contributed by atoms with Crippen LogP contribution in [0.4, 0.5) is 26.3 Å². The predicted octanol–water partition coefficient (Wildman–Crippen LogP) is 6.87. The second-order valence-electron chi connectivity index (χ2n) is 11.4.